The molecule has 0 radical (unpaired) electrons. The first-order valence-corrected chi connectivity index (χ1v) is 8.41. The molecule has 0 aromatic heterocycles. The number of fused-ring (bicyclic) bond motifs is 1. The minimum Gasteiger partial charge on any atom is -0.309 e. The van der Waals surface area contributed by atoms with Gasteiger partial charge in [0.25, 0.3) is 0 Å². The van der Waals surface area contributed by atoms with Gasteiger partial charge < -0.3 is 4.90 Å². The van der Waals surface area contributed by atoms with Crippen molar-refractivity contribution in [3.05, 3.63) is 83.9 Å². The van der Waals surface area contributed by atoms with Crippen LogP contribution < -0.4 is 0 Å². The van der Waals surface area contributed by atoms with Crippen molar-refractivity contribution in [3.8, 4) is 0 Å². The van der Waals surface area contributed by atoms with E-state index in [2.05, 4.69) is 85.7 Å². The fourth-order valence-corrected chi connectivity index (χ4v) is 3.44. The average molecular weight is 324 g/mol. The van der Waals surface area contributed by atoms with Gasteiger partial charge in [-0.05, 0) is 36.0 Å². The Labute approximate surface area is 143 Å². The van der Waals surface area contributed by atoms with Crippen molar-refractivity contribution in [1.29, 1.82) is 0 Å². The molecule has 118 valence electrons. The van der Waals surface area contributed by atoms with E-state index < -0.39 is 0 Å². The maximum atomic E-state index is 6.88. The van der Waals surface area contributed by atoms with Crippen molar-refractivity contribution in [2.24, 2.45) is 0 Å². The minimum atomic E-state index is -0.0419. The van der Waals surface area contributed by atoms with Crippen LogP contribution in [0.3, 0.4) is 0 Å². The van der Waals surface area contributed by atoms with Crippen molar-refractivity contribution in [2.45, 2.75) is 11.3 Å². The van der Waals surface area contributed by atoms with Gasteiger partial charge in [-0.3, -0.25) is 0 Å². The molecule has 0 bridgehead atoms. The van der Waals surface area contributed by atoms with Crippen LogP contribution in [-0.4, -0.2) is 25.5 Å². The Morgan fingerprint density at radius 3 is 2.13 bits per heavy atom. The molecule has 0 amide bonds. The second-order valence-electron chi connectivity index (χ2n) is 6.29. The van der Waals surface area contributed by atoms with Gasteiger partial charge in [-0.15, -0.1) is 11.6 Å². The number of hydrogen-bond donors (Lipinski definition) is 0. The monoisotopic (exact) mass is 323 g/mol. The summed E-state index contributed by atoms with van der Waals surface area (Å²) < 4.78 is 0. The third-order valence-electron chi connectivity index (χ3n) is 4.23. The summed E-state index contributed by atoms with van der Waals surface area (Å²) in [6, 6.07) is 25.5. The zero-order chi connectivity index (χ0) is 16.2. The number of alkyl halides is 1. The van der Waals surface area contributed by atoms with Crippen LogP contribution in [-0.2, 0) is 0 Å². The summed E-state index contributed by atoms with van der Waals surface area (Å²) in [5, 5.41) is 2.50. The van der Waals surface area contributed by atoms with Crippen LogP contribution in [0.4, 0.5) is 0 Å². The second-order valence-corrected chi connectivity index (χ2v) is 6.76. The molecule has 0 aliphatic rings. The molecule has 3 aromatic rings. The first-order valence-electron chi connectivity index (χ1n) is 7.97. The molecular weight excluding hydrogens is 302 g/mol. The van der Waals surface area contributed by atoms with E-state index in [4.69, 9.17) is 11.6 Å². The molecule has 1 nitrogen and oxygen atoms in total. The lowest BCUT2D eigenvalue weighted by molar-refractivity contribution is 0.368. The van der Waals surface area contributed by atoms with Crippen molar-refractivity contribution >= 4 is 22.4 Å². The number of nitrogens with zero attached hydrogens (tertiary/aromatic N) is 1. The van der Waals surface area contributed by atoms with Gasteiger partial charge in [0, 0.05) is 12.5 Å². The smallest absolute Gasteiger partial charge is 0.0666 e. The predicted octanol–water partition coefficient (Wildman–Crippen LogP) is 5.47. The molecule has 0 saturated carbocycles. The summed E-state index contributed by atoms with van der Waals surface area (Å²) in [6.07, 6.45) is 0. The molecule has 0 N–H and O–H groups in total. The molecule has 0 heterocycles. The molecule has 0 saturated heterocycles. The molecule has 23 heavy (non-hydrogen) atoms. The van der Waals surface area contributed by atoms with Gasteiger partial charge >= 0.3 is 0 Å². The van der Waals surface area contributed by atoms with Crippen molar-refractivity contribution in [2.75, 3.05) is 20.6 Å². The maximum absolute atomic E-state index is 6.88. The summed E-state index contributed by atoms with van der Waals surface area (Å²) >= 11 is 6.88. The molecular formula is C21H22ClN. The van der Waals surface area contributed by atoms with Crippen LogP contribution in [0.2, 0.25) is 0 Å². The largest absolute Gasteiger partial charge is 0.309 e. The zero-order valence-electron chi connectivity index (χ0n) is 13.6. The molecule has 2 atom stereocenters. The van der Waals surface area contributed by atoms with Crippen molar-refractivity contribution in [1.82, 2.24) is 4.90 Å². The normalized spacial score (nSPS) is 14.1. The lowest BCUT2D eigenvalue weighted by atomic mass is 9.89. The molecule has 3 rings (SSSR count). The van der Waals surface area contributed by atoms with E-state index >= 15 is 0 Å². The van der Waals surface area contributed by atoms with Gasteiger partial charge in [-0.2, -0.15) is 0 Å². The first-order chi connectivity index (χ1) is 11.1. The number of hydrogen-bond acceptors (Lipinski definition) is 1. The van der Waals surface area contributed by atoms with E-state index in [0.29, 0.717) is 0 Å². The van der Waals surface area contributed by atoms with Crippen molar-refractivity contribution < 1.29 is 0 Å². The number of benzene rings is 3. The lowest BCUT2D eigenvalue weighted by Crippen LogP contribution is -2.23. The highest BCUT2D eigenvalue weighted by molar-refractivity contribution is 6.21. The summed E-state index contributed by atoms with van der Waals surface area (Å²) in [6.45, 7) is 0.918. The van der Waals surface area contributed by atoms with Crippen LogP contribution in [0.25, 0.3) is 10.8 Å². The van der Waals surface area contributed by atoms with Crippen LogP contribution in [0.5, 0.6) is 0 Å². The van der Waals surface area contributed by atoms with Gasteiger partial charge in [0.05, 0.1) is 5.38 Å². The second kappa shape index (κ2) is 7.16. The molecule has 0 spiro atoms. The molecule has 0 unspecified atom stereocenters. The Kier molecular flexibility index (Phi) is 5.00. The van der Waals surface area contributed by atoms with Crippen LogP contribution in [0, 0.1) is 0 Å². The van der Waals surface area contributed by atoms with E-state index in [1.807, 2.05) is 6.07 Å². The van der Waals surface area contributed by atoms with E-state index in [-0.39, 0.29) is 11.3 Å². The minimum absolute atomic E-state index is 0.0419. The topological polar surface area (TPSA) is 3.24 Å². The predicted molar refractivity (Wildman–Crippen MR) is 100 cm³/mol. The number of likely N-dealkylation sites (N-methyl/N-ethyl adjacent to an activating group) is 1. The standard InChI is InChI=1S/C21H22ClN/c1-23(2)15-20(21(22)17-9-4-3-5-10-17)19-13-12-16-8-6-7-11-18(16)14-19/h3-14,20-21H,15H2,1-2H3/t20-,21-/m1/s1. The lowest BCUT2D eigenvalue weighted by Gasteiger charge is -2.26. The van der Waals surface area contributed by atoms with E-state index in [1.54, 1.807) is 0 Å². The summed E-state index contributed by atoms with van der Waals surface area (Å²) in [7, 11) is 4.20. The van der Waals surface area contributed by atoms with E-state index in [1.165, 1.54) is 21.9 Å². The Hall–Kier alpha value is -1.83. The molecule has 0 aliphatic carbocycles. The Morgan fingerprint density at radius 1 is 0.783 bits per heavy atom. The Balaban J connectivity index is 2.00. The van der Waals surface area contributed by atoms with Gasteiger partial charge in [0.15, 0.2) is 0 Å². The van der Waals surface area contributed by atoms with Crippen molar-refractivity contribution in [3.63, 3.8) is 0 Å². The molecule has 0 fully saturated rings. The molecule has 3 aromatic carbocycles. The summed E-state index contributed by atoms with van der Waals surface area (Å²) in [5.74, 6) is 0.249. The highest BCUT2D eigenvalue weighted by atomic mass is 35.5. The summed E-state index contributed by atoms with van der Waals surface area (Å²) in [5.41, 5.74) is 2.47. The first kappa shape index (κ1) is 16.0. The fraction of sp³-hybridized carbons (Fsp3) is 0.238. The van der Waals surface area contributed by atoms with Crippen LogP contribution in [0.1, 0.15) is 22.4 Å². The van der Waals surface area contributed by atoms with Crippen LogP contribution >= 0.6 is 11.6 Å². The average Bonchev–Trinajstić information content (AvgIpc) is 2.59. The SMILES string of the molecule is CN(C)C[C@H](c1ccc2ccccc2c1)[C@H](Cl)c1ccccc1. The van der Waals surface area contributed by atoms with E-state index in [0.717, 1.165) is 6.54 Å². The summed E-state index contributed by atoms with van der Waals surface area (Å²) in [4.78, 5) is 2.21. The van der Waals surface area contributed by atoms with Gasteiger partial charge in [-0.25, -0.2) is 0 Å². The van der Waals surface area contributed by atoms with Gasteiger partial charge in [0.1, 0.15) is 0 Å². The highest BCUT2D eigenvalue weighted by Gasteiger charge is 2.23. The van der Waals surface area contributed by atoms with Gasteiger partial charge in [-0.1, -0.05) is 72.8 Å². The van der Waals surface area contributed by atoms with Crippen LogP contribution in [0.15, 0.2) is 72.8 Å². The maximum Gasteiger partial charge on any atom is 0.0666 e. The Morgan fingerprint density at radius 2 is 1.43 bits per heavy atom. The van der Waals surface area contributed by atoms with Gasteiger partial charge in [0.2, 0.25) is 0 Å². The fourth-order valence-electron chi connectivity index (χ4n) is 3.07. The quantitative estimate of drug-likeness (QED) is 0.563. The highest BCUT2D eigenvalue weighted by Crippen LogP contribution is 2.37. The van der Waals surface area contributed by atoms with E-state index in [9.17, 15) is 0 Å². The number of rotatable bonds is 5. The molecule has 0 aliphatic heterocycles. The third-order valence-corrected chi connectivity index (χ3v) is 4.79. The third kappa shape index (κ3) is 3.74. The Bertz CT molecular complexity index is 767. The zero-order valence-corrected chi connectivity index (χ0v) is 14.4. The number of halogens is 1. The molecule has 2 heteroatoms.